The summed E-state index contributed by atoms with van der Waals surface area (Å²) in [4.78, 5) is 33.2. The van der Waals surface area contributed by atoms with E-state index in [0.717, 1.165) is 18.8 Å². The Morgan fingerprint density at radius 1 is 1.05 bits per heavy atom. The van der Waals surface area contributed by atoms with Gasteiger partial charge in [-0.25, -0.2) is 9.59 Å². The van der Waals surface area contributed by atoms with Crippen molar-refractivity contribution in [3.63, 3.8) is 0 Å². The minimum absolute atomic E-state index is 0.0382. The molecule has 0 spiro atoms. The van der Waals surface area contributed by atoms with Gasteiger partial charge in [-0.2, -0.15) is 0 Å². The van der Waals surface area contributed by atoms with E-state index in [1.165, 1.54) is 6.07 Å². The lowest BCUT2D eigenvalue weighted by molar-refractivity contribution is 0.0683. The molecule has 0 aliphatic rings. The third kappa shape index (κ3) is 2.69. The van der Waals surface area contributed by atoms with Gasteiger partial charge in [-0.3, -0.25) is 4.79 Å². The van der Waals surface area contributed by atoms with Crippen LogP contribution >= 0.6 is 0 Å². The number of rotatable bonds is 5. The van der Waals surface area contributed by atoms with Gasteiger partial charge in [0.25, 0.3) is 5.91 Å². The van der Waals surface area contributed by atoms with Gasteiger partial charge in [0.15, 0.2) is 0 Å². The largest absolute Gasteiger partial charge is 0.478 e. The lowest BCUT2D eigenvalue weighted by Crippen LogP contribution is -2.23. The van der Waals surface area contributed by atoms with Gasteiger partial charge >= 0.3 is 11.9 Å². The molecule has 0 fully saturated rings. The molecule has 0 aromatic carbocycles. The Balaban J connectivity index is 2.03. The van der Waals surface area contributed by atoms with Crippen LogP contribution in [-0.2, 0) is 6.54 Å². The van der Waals surface area contributed by atoms with Crippen molar-refractivity contribution in [2.75, 3.05) is 0 Å². The number of carbonyl (C=O) groups excluding carboxylic acids is 1. The molecule has 2 heterocycles. The SMILES string of the molecule is O=C(O)c1coc(CNC(=O)c2cocc2C(=O)O)c1. The van der Waals surface area contributed by atoms with E-state index in [0.29, 0.717) is 0 Å². The molecule has 1 amide bonds. The maximum absolute atomic E-state index is 11.8. The second-order valence-corrected chi connectivity index (χ2v) is 3.79. The van der Waals surface area contributed by atoms with Crippen molar-refractivity contribution >= 4 is 17.8 Å². The zero-order chi connectivity index (χ0) is 14.7. The minimum atomic E-state index is -1.28. The van der Waals surface area contributed by atoms with Crippen molar-refractivity contribution in [3.8, 4) is 0 Å². The molecule has 0 radical (unpaired) electrons. The molecule has 0 bridgehead atoms. The Hall–Kier alpha value is -3.03. The van der Waals surface area contributed by atoms with Crippen LogP contribution in [0.3, 0.4) is 0 Å². The smallest absolute Gasteiger partial charge is 0.339 e. The number of aromatic carboxylic acids is 2. The number of carbonyl (C=O) groups is 3. The van der Waals surface area contributed by atoms with Crippen molar-refractivity contribution in [3.05, 3.63) is 47.3 Å². The van der Waals surface area contributed by atoms with E-state index < -0.39 is 17.8 Å². The Labute approximate surface area is 111 Å². The van der Waals surface area contributed by atoms with Gasteiger partial charge in [-0.1, -0.05) is 0 Å². The molecule has 8 heteroatoms. The number of hydrogen-bond donors (Lipinski definition) is 3. The predicted molar refractivity (Wildman–Crippen MR) is 62.5 cm³/mol. The number of carboxylic acid groups (broad SMARTS) is 2. The van der Waals surface area contributed by atoms with Crippen LogP contribution in [0.15, 0.2) is 33.7 Å². The Bertz CT molecular complexity index is 667. The van der Waals surface area contributed by atoms with Crippen LogP contribution in [0, 0.1) is 0 Å². The molecular formula is C12H9NO7. The standard InChI is InChI=1S/C12H9NO7/c14-10(8-4-19-5-9(8)12(17)18)13-2-7-1-6(3-20-7)11(15)16/h1,3-5H,2H2,(H,13,14)(H,15,16)(H,17,18). The highest BCUT2D eigenvalue weighted by Gasteiger charge is 2.19. The van der Waals surface area contributed by atoms with Crippen molar-refractivity contribution in [2.45, 2.75) is 6.54 Å². The molecule has 3 N–H and O–H groups in total. The second kappa shape index (κ2) is 5.31. The molecule has 104 valence electrons. The van der Waals surface area contributed by atoms with E-state index in [2.05, 4.69) is 9.73 Å². The fraction of sp³-hybridized carbons (Fsp3) is 0.0833. The van der Waals surface area contributed by atoms with Gasteiger partial charge < -0.3 is 24.4 Å². The van der Waals surface area contributed by atoms with E-state index in [1.54, 1.807) is 0 Å². The molecule has 2 aromatic heterocycles. The number of nitrogens with one attached hydrogen (secondary N) is 1. The first-order chi connectivity index (χ1) is 9.49. The molecule has 2 aromatic rings. The summed E-state index contributed by atoms with van der Waals surface area (Å²) in [5, 5.41) is 19.9. The summed E-state index contributed by atoms with van der Waals surface area (Å²) in [5.74, 6) is -2.86. The van der Waals surface area contributed by atoms with E-state index in [4.69, 9.17) is 14.6 Å². The highest BCUT2D eigenvalue weighted by Crippen LogP contribution is 2.11. The molecule has 0 unspecified atom stereocenters. The van der Waals surface area contributed by atoms with Crippen LogP contribution in [0.25, 0.3) is 0 Å². The molecule has 0 aliphatic heterocycles. The van der Waals surface area contributed by atoms with Crippen molar-refractivity contribution in [1.82, 2.24) is 5.32 Å². The van der Waals surface area contributed by atoms with Crippen molar-refractivity contribution in [1.29, 1.82) is 0 Å². The van der Waals surface area contributed by atoms with Crippen LogP contribution in [0.2, 0.25) is 0 Å². The lowest BCUT2D eigenvalue weighted by atomic mass is 10.2. The second-order valence-electron chi connectivity index (χ2n) is 3.79. The van der Waals surface area contributed by atoms with E-state index >= 15 is 0 Å². The van der Waals surface area contributed by atoms with E-state index in [1.807, 2.05) is 0 Å². The van der Waals surface area contributed by atoms with Gasteiger partial charge in [0.05, 0.1) is 17.7 Å². The average Bonchev–Trinajstić information content (AvgIpc) is 3.04. The Morgan fingerprint density at radius 3 is 2.35 bits per heavy atom. The van der Waals surface area contributed by atoms with E-state index in [-0.39, 0.29) is 29.0 Å². The first-order valence-electron chi connectivity index (χ1n) is 5.37. The third-order valence-electron chi connectivity index (χ3n) is 2.46. The molecule has 20 heavy (non-hydrogen) atoms. The number of furan rings is 2. The monoisotopic (exact) mass is 279 g/mol. The predicted octanol–water partition coefficient (Wildman–Crippen LogP) is 1.20. The fourth-order valence-corrected chi connectivity index (χ4v) is 1.49. The zero-order valence-electron chi connectivity index (χ0n) is 9.95. The summed E-state index contributed by atoms with van der Waals surface area (Å²) in [6.45, 7) is -0.0731. The van der Waals surface area contributed by atoms with Crippen LogP contribution < -0.4 is 5.32 Å². The number of amides is 1. The minimum Gasteiger partial charge on any atom is -0.478 e. The van der Waals surface area contributed by atoms with E-state index in [9.17, 15) is 14.4 Å². The topological polar surface area (TPSA) is 130 Å². The average molecular weight is 279 g/mol. The molecule has 0 atom stereocenters. The van der Waals surface area contributed by atoms with Gasteiger partial charge in [-0.15, -0.1) is 0 Å². The molecule has 2 rings (SSSR count). The molecular weight excluding hydrogens is 270 g/mol. The lowest BCUT2D eigenvalue weighted by Gasteiger charge is -2.01. The first-order valence-corrected chi connectivity index (χ1v) is 5.37. The summed E-state index contributed by atoms with van der Waals surface area (Å²) in [6, 6.07) is 1.26. The van der Waals surface area contributed by atoms with Crippen LogP contribution in [0.4, 0.5) is 0 Å². The summed E-state index contributed by atoms with van der Waals surface area (Å²) in [7, 11) is 0. The zero-order valence-corrected chi connectivity index (χ0v) is 9.95. The Morgan fingerprint density at radius 2 is 1.75 bits per heavy atom. The van der Waals surface area contributed by atoms with Gasteiger partial charge in [0.1, 0.15) is 30.1 Å². The molecule has 8 nitrogen and oxygen atoms in total. The maximum atomic E-state index is 11.8. The number of carboxylic acids is 2. The van der Waals surface area contributed by atoms with Crippen LogP contribution in [-0.4, -0.2) is 28.1 Å². The summed E-state index contributed by atoms with van der Waals surface area (Å²) >= 11 is 0. The molecule has 0 aliphatic carbocycles. The maximum Gasteiger partial charge on any atom is 0.339 e. The molecule has 0 saturated carbocycles. The first kappa shape index (κ1) is 13.4. The summed E-state index contributed by atoms with van der Waals surface area (Å²) in [6.07, 6.45) is 3.01. The molecule has 0 saturated heterocycles. The fourth-order valence-electron chi connectivity index (χ4n) is 1.49. The van der Waals surface area contributed by atoms with Crippen molar-refractivity contribution in [2.24, 2.45) is 0 Å². The summed E-state index contributed by atoms with van der Waals surface area (Å²) < 4.78 is 9.61. The highest BCUT2D eigenvalue weighted by atomic mass is 16.4. The normalized spacial score (nSPS) is 10.2. The van der Waals surface area contributed by atoms with Crippen molar-refractivity contribution < 1.29 is 33.4 Å². The number of hydrogen-bond acceptors (Lipinski definition) is 5. The Kier molecular flexibility index (Phi) is 3.56. The third-order valence-corrected chi connectivity index (χ3v) is 2.46. The highest BCUT2D eigenvalue weighted by molar-refractivity contribution is 6.04. The quantitative estimate of drug-likeness (QED) is 0.749. The van der Waals surface area contributed by atoms with Crippen LogP contribution in [0.1, 0.15) is 36.8 Å². The van der Waals surface area contributed by atoms with Gasteiger partial charge in [0.2, 0.25) is 0 Å². The van der Waals surface area contributed by atoms with Crippen LogP contribution in [0.5, 0.6) is 0 Å². The summed E-state index contributed by atoms with van der Waals surface area (Å²) in [5.41, 5.74) is -0.417. The van der Waals surface area contributed by atoms with Gasteiger partial charge in [-0.05, 0) is 6.07 Å². The van der Waals surface area contributed by atoms with Gasteiger partial charge in [0, 0.05) is 0 Å².